The number of rotatable bonds is 6. The van der Waals surface area contributed by atoms with E-state index in [1.54, 1.807) is 13.8 Å². The second-order valence-electron chi connectivity index (χ2n) is 3.56. The van der Waals surface area contributed by atoms with E-state index in [1.807, 2.05) is 6.92 Å². The number of carbonyl (C=O) groups is 2. The third kappa shape index (κ3) is 3.51. The van der Waals surface area contributed by atoms with E-state index in [0.29, 0.717) is 12.8 Å². The molecule has 0 radical (unpaired) electrons. The van der Waals surface area contributed by atoms with Crippen LogP contribution in [0.4, 0.5) is 0 Å². The predicted octanol–water partition coefficient (Wildman–Crippen LogP) is 0.781. The third-order valence-corrected chi connectivity index (χ3v) is 2.62. The van der Waals surface area contributed by atoms with E-state index < -0.39 is 17.6 Å². The van der Waals surface area contributed by atoms with Crippen LogP contribution in [0.3, 0.4) is 0 Å². The average Bonchev–Trinajstić information content (AvgIpc) is 2.23. The summed E-state index contributed by atoms with van der Waals surface area (Å²) in [4.78, 5) is 22.4. The van der Waals surface area contributed by atoms with Crippen molar-refractivity contribution >= 4 is 11.9 Å². The zero-order valence-electron chi connectivity index (χ0n) is 9.66. The largest absolute Gasteiger partial charge is 0.480 e. The molecule has 2 N–H and O–H groups in total. The van der Waals surface area contributed by atoms with Crippen molar-refractivity contribution in [1.82, 2.24) is 5.32 Å². The van der Waals surface area contributed by atoms with Gasteiger partial charge in [-0.3, -0.25) is 4.79 Å². The molecule has 0 fully saturated rings. The van der Waals surface area contributed by atoms with Gasteiger partial charge in [-0.15, -0.1) is 0 Å². The van der Waals surface area contributed by atoms with E-state index in [9.17, 15) is 9.59 Å². The molecule has 0 rings (SSSR count). The second kappa shape index (κ2) is 5.70. The first-order chi connectivity index (χ1) is 6.91. The van der Waals surface area contributed by atoms with Crippen LogP contribution in [-0.4, -0.2) is 35.7 Å². The summed E-state index contributed by atoms with van der Waals surface area (Å²) in [5.74, 6) is -1.41. The SMILES string of the molecule is CC[C@H](NC(=O)C(C)(CC)OC)C(=O)O. The van der Waals surface area contributed by atoms with Gasteiger partial charge in [0.05, 0.1) is 0 Å². The van der Waals surface area contributed by atoms with Gasteiger partial charge in [0.15, 0.2) is 0 Å². The number of carboxylic acid groups (broad SMARTS) is 1. The zero-order chi connectivity index (χ0) is 12.1. The van der Waals surface area contributed by atoms with Crippen LogP contribution in [0.1, 0.15) is 33.6 Å². The summed E-state index contributed by atoms with van der Waals surface area (Å²) in [6, 6.07) is -0.849. The number of nitrogens with one attached hydrogen (secondary N) is 1. The molecule has 0 aliphatic rings. The fraction of sp³-hybridized carbons (Fsp3) is 0.800. The Bertz CT molecular complexity index is 236. The van der Waals surface area contributed by atoms with Gasteiger partial charge in [0.2, 0.25) is 0 Å². The highest BCUT2D eigenvalue weighted by Gasteiger charge is 2.33. The van der Waals surface area contributed by atoms with Crippen molar-refractivity contribution in [2.45, 2.75) is 45.3 Å². The number of aliphatic carboxylic acids is 1. The van der Waals surface area contributed by atoms with Gasteiger partial charge in [-0.25, -0.2) is 4.79 Å². The fourth-order valence-electron chi connectivity index (χ4n) is 1.05. The third-order valence-electron chi connectivity index (χ3n) is 2.62. The monoisotopic (exact) mass is 217 g/mol. The molecule has 1 amide bonds. The molecule has 0 saturated heterocycles. The summed E-state index contributed by atoms with van der Waals surface area (Å²) in [6.45, 7) is 5.15. The number of carbonyl (C=O) groups excluding carboxylic acids is 1. The van der Waals surface area contributed by atoms with Crippen LogP contribution in [0.25, 0.3) is 0 Å². The highest BCUT2D eigenvalue weighted by atomic mass is 16.5. The lowest BCUT2D eigenvalue weighted by atomic mass is 10.0. The molecule has 0 bridgehead atoms. The Hall–Kier alpha value is -1.10. The zero-order valence-corrected chi connectivity index (χ0v) is 9.66. The van der Waals surface area contributed by atoms with Crippen LogP contribution in [0.15, 0.2) is 0 Å². The molecule has 0 aromatic carbocycles. The number of amides is 1. The molecule has 5 nitrogen and oxygen atoms in total. The van der Waals surface area contributed by atoms with Crippen molar-refractivity contribution in [1.29, 1.82) is 0 Å². The first-order valence-corrected chi connectivity index (χ1v) is 5.00. The van der Waals surface area contributed by atoms with E-state index in [2.05, 4.69) is 5.32 Å². The van der Waals surface area contributed by atoms with Crippen LogP contribution in [0.5, 0.6) is 0 Å². The Kier molecular flexibility index (Phi) is 5.28. The lowest BCUT2D eigenvalue weighted by Crippen LogP contribution is -2.51. The van der Waals surface area contributed by atoms with E-state index in [0.717, 1.165) is 0 Å². The van der Waals surface area contributed by atoms with Gasteiger partial charge < -0.3 is 15.2 Å². The van der Waals surface area contributed by atoms with E-state index >= 15 is 0 Å². The fourth-order valence-corrected chi connectivity index (χ4v) is 1.05. The number of hydrogen-bond acceptors (Lipinski definition) is 3. The summed E-state index contributed by atoms with van der Waals surface area (Å²) in [6.07, 6.45) is 0.843. The molecule has 0 aromatic rings. The Morgan fingerprint density at radius 3 is 2.27 bits per heavy atom. The van der Waals surface area contributed by atoms with Gasteiger partial charge in [-0.05, 0) is 19.8 Å². The van der Waals surface area contributed by atoms with Crippen molar-refractivity contribution in [3.8, 4) is 0 Å². The maximum Gasteiger partial charge on any atom is 0.326 e. The first-order valence-electron chi connectivity index (χ1n) is 5.00. The van der Waals surface area contributed by atoms with E-state index in [4.69, 9.17) is 9.84 Å². The Morgan fingerprint density at radius 2 is 2.00 bits per heavy atom. The molecule has 0 aliphatic heterocycles. The molecule has 0 aromatic heterocycles. The molecule has 2 atom stereocenters. The second-order valence-corrected chi connectivity index (χ2v) is 3.56. The first kappa shape index (κ1) is 13.9. The minimum Gasteiger partial charge on any atom is -0.480 e. The molecule has 5 heteroatoms. The molecule has 0 spiro atoms. The maximum atomic E-state index is 11.7. The minimum atomic E-state index is -1.03. The topological polar surface area (TPSA) is 75.6 Å². The van der Waals surface area contributed by atoms with Gasteiger partial charge >= 0.3 is 5.97 Å². The van der Waals surface area contributed by atoms with Gasteiger partial charge in [-0.2, -0.15) is 0 Å². The van der Waals surface area contributed by atoms with E-state index in [-0.39, 0.29) is 5.91 Å². The Labute approximate surface area is 89.8 Å². The molecule has 0 aliphatic carbocycles. The van der Waals surface area contributed by atoms with Crippen molar-refractivity contribution < 1.29 is 19.4 Å². The van der Waals surface area contributed by atoms with Gasteiger partial charge in [0, 0.05) is 7.11 Å². The lowest BCUT2D eigenvalue weighted by Gasteiger charge is -2.26. The molecular formula is C10H19NO4. The van der Waals surface area contributed by atoms with Crippen LogP contribution in [-0.2, 0) is 14.3 Å². The number of hydrogen-bond donors (Lipinski definition) is 2. The summed E-state index contributed by atoms with van der Waals surface area (Å²) in [5, 5.41) is 11.2. The summed E-state index contributed by atoms with van der Waals surface area (Å²) in [7, 11) is 1.44. The molecule has 1 unspecified atom stereocenters. The Balaban J connectivity index is 4.52. The van der Waals surface area contributed by atoms with Crippen molar-refractivity contribution in [2.75, 3.05) is 7.11 Å². The molecule has 0 saturated carbocycles. The van der Waals surface area contributed by atoms with Crippen molar-refractivity contribution in [3.63, 3.8) is 0 Å². The van der Waals surface area contributed by atoms with Crippen LogP contribution < -0.4 is 5.32 Å². The normalized spacial score (nSPS) is 16.5. The average molecular weight is 217 g/mol. The highest BCUT2D eigenvalue weighted by molar-refractivity contribution is 5.88. The maximum absolute atomic E-state index is 11.7. The number of methoxy groups -OCH3 is 1. The van der Waals surface area contributed by atoms with Gasteiger partial charge in [0.1, 0.15) is 11.6 Å². The van der Waals surface area contributed by atoms with Crippen LogP contribution >= 0.6 is 0 Å². The summed E-state index contributed by atoms with van der Waals surface area (Å²) < 4.78 is 5.07. The predicted molar refractivity (Wildman–Crippen MR) is 55.6 cm³/mol. The quantitative estimate of drug-likeness (QED) is 0.689. The van der Waals surface area contributed by atoms with E-state index in [1.165, 1.54) is 7.11 Å². The molecular weight excluding hydrogens is 198 g/mol. The van der Waals surface area contributed by atoms with Crippen LogP contribution in [0.2, 0.25) is 0 Å². The molecule has 0 heterocycles. The molecule has 15 heavy (non-hydrogen) atoms. The Morgan fingerprint density at radius 1 is 1.47 bits per heavy atom. The summed E-state index contributed by atoms with van der Waals surface area (Å²) in [5.41, 5.74) is -0.955. The standard InChI is InChI=1S/C10H19NO4/c1-5-7(8(12)13)11-9(14)10(3,6-2)15-4/h7H,5-6H2,1-4H3,(H,11,14)(H,12,13)/t7-,10?/m0/s1. The lowest BCUT2D eigenvalue weighted by molar-refractivity contribution is -0.148. The van der Waals surface area contributed by atoms with Crippen molar-refractivity contribution in [3.05, 3.63) is 0 Å². The van der Waals surface area contributed by atoms with Gasteiger partial charge in [-0.1, -0.05) is 13.8 Å². The highest BCUT2D eigenvalue weighted by Crippen LogP contribution is 2.14. The smallest absolute Gasteiger partial charge is 0.326 e. The van der Waals surface area contributed by atoms with Gasteiger partial charge in [0.25, 0.3) is 5.91 Å². The summed E-state index contributed by atoms with van der Waals surface area (Å²) >= 11 is 0. The van der Waals surface area contributed by atoms with Crippen LogP contribution in [0, 0.1) is 0 Å². The number of carboxylic acids is 1. The van der Waals surface area contributed by atoms with Crippen molar-refractivity contribution in [2.24, 2.45) is 0 Å². The number of ether oxygens (including phenoxy) is 1. The molecule has 88 valence electrons. The minimum absolute atomic E-state index is 0.352.